The smallest absolute Gasteiger partial charge is 0.293 e. The molecule has 116 valence electrons. The molecule has 7 nitrogen and oxygen atoms in total. The van der Waals surface area contributed by atoms with Crippen LogP contribution in [0.5, 0.6) is 0 Å². The van der Waals surface area contributed by atoms with Crippen LogP contribution in [0.2, 0.25) is 0 Å². The first-order valence-corrected chi connectivity index (χ1v) is 7.38. The first kappa shape index (κ1) is 15.0. The van der Waals surface area contributed by atoms with E-state index in [9.17, 15) is 19.7 Å². The molecule has 0 atom stereocenters. The standard InChI is InChI=1S/C15H10N2O5S/c18-14-13(8-12-5-2-6-22-12)23-15(19)16(14)9-10-3-1-4-11(7-10)17(20)21/h1-8H,9H2/b13-8-. The van der Waals surface area contributed by atoms with Gasteiger partial charge >= 0.3 is 0 Å². The molecule has 1 aliphatic rings. The van der Waals surface area contributed by atoms with E-state index in [4.69, 9.17) is 4.42 Å². The van der Waals surface area contributed by atoms with Crippen LogP contribution in [-0.2, 0) is 11.3 Å². The Morgan fingerprint density at radius 3 is 2.78 bits per heavy atom. The van der Waals surface area contributed by atoms with Crippen LogP contribution >= 0.6 is 11.8 Å². The molecular formula is C15H10N2O5S. The van der Waals surface area contributed by atoms with Crippen molar-refractivity contribution in [3.8, 4) is 0 Å². The quantitative estimate of drug-likeness (QED) is 0.484. The van der Waals surface area contributed by atoms with Gasteiger partial charge in [-0.2, -0.15) is 0 Å². The fraction of sp³-hybridized carbons (Fsp3) is 0.0667. The number of nitro benzene ring substituents is 1. The third-order valence-electron chi connectivity index (χ3n) is 3.15. The van der Waals surface area contributed by atoms with Gasteiger partial charge in [0.1, 0.15) is 5.76 Å². The molecule has 1 aromatic heterocycles. The minimum absolute atomic E-state index is 0.0121. The molecule has 0 bridgehead atoms. The molecule has 8 heteroatoms. The van der Waals surface area contributed by atoms with Crippen molar-refractivity contribution in [1.82, 2.24) is 4.90 Å². The number of hydrogen-bond acceptors (Lipinski definition) is 6. The number of imide groups is 1. The molecule has 2 aromatic rings. The second kappa shape index (κ2) is 6.09. The van der Waals surface area contributed by atoms with Crippen LogP contribution in [0.15, 0.2) is 52.0 Å². The fourth-order valence-corrected chi connectivity index (χ4v) is 2.91. The predicted molar refractivity (Wildman–Crippen MR) is 83.3 cm³/mol. The van der Waals surface area contributed by atoms with Crippen LogP contribution in [0.4, 0.5) is 10.5 Å². The summed E-state index contributed by atoms with van der Waals surface area (Å²) in [4.78, 5) is 35.9. The second-order valence-corrected chi connectivity index (χ2v) is 5.70. The molecular weight excluding hydrogens is 320 g/mol. The monoisotopic (exact) mass is 330 g/mol. The lowest BCUT2D eigenvalue weighted by molar-refractivity contribution is -0.384. The number of nitrogens with zero attached hydrogens (tertiary/aromatic N) is 2. The number of rotatable bonds is 4. The van der Waals surface area contributed by atoms with Crippen molar-refractivity contribution in [3.05, 3.63) is 69.0 Å². The van der Waals surface area contributed by atoms with E-state index in [1.54, 1.807) is 18.2 Å². The van der Waals surface area contributed by atoms with Crippen molar-refractivity contribution in [2.45, 2.75) is 6.54 Å². The van der Waals surface area contributed by atoms with Crippen LogP contribution < -0.4 is 0 Å². The average Bonchev–Trinajstić information content (AvgIpc) is 3.12. The summed E-state index contributed by atoms with van der Waals surface area (Å²) in [5.41, 5.74) is 0.432. The van der Waals surface area contributed by atoms with E-state index >= 15 is 0 Å². The molecule has 0 N–H and O–H groups in total. The predicted octanol–water partition coefficient (Wildman–Crippen LogP) is 3.42. The van der Waals surface area contributed by atoms with E-state index in [2.05, 4.69) is 0 Å². The third-order valence-corrected chi connectivity index (χ3v) is 4.06. The second-order valence-electron chi connectivity index (χ2n) is 4.71. The maximum atomic E-state index is 12.3. The number of thioether (sulfide) groups is 1. The zero-order chi connectivity index (χ0) is 16.4. The summed E-state index contributed by atoms with van der Waals surface area (Å²) in [6.07, 6.45) is 2.97. The summed E-state index contributed by atoms with van der Waals surface area (Å²) in [6.45, 7) is -0.0121. The Labute approximate surface area is 134 Å². The fourth-order valence-electron chi connectivity index (χ4n) is 2.09. The van der Waals surface area contributed by atoms with Gasteiger partial charge in [-0.1, -0.05) is 12.1 Å². The number of carbonyl (C=O) groups is 2. The molecule has 0 radical (unpaired) electrons. The van der Waals surface area contributed by atoms with Gasteiger partial charge in [-0.05, 0) is 29.5 Å². The van der Waals surface area contributed by atoms with E-state index < -0.39 is 16.1 Å². The van der Waals surface area contributed by atoms with Gasteiger partial charge in [-0.25, -0.2) is 0 Å². The molecule has 0 unspecified atom stereocenters. The summed E-state index contributed by atoms with van der Waals surface area (Å²) in [6, 6.07) is 9.21. The van der Waals surface area contributed by atoms with Crippen molar-refractivity contribution in [1.29, 1.82) is 0 Å². The Balaban J connectivity index is 1.81. The van der Waals surface area contributed by atoms with Crippen molar-refractivity contribution < 1.29 is 18.9 Å². The van der Waals surface area contributed by atoms with Crippen molar-refractivity contribution in [3.63, 3.8) is 0 Å². The SMILES string of the molecule is O=C1S/C(=C\c2ccco2)C(=O)N1Cc1cccc([N+](=O)[O-])c1. The van der Waals surface area contributed by atoms with Gasteiger partial charge in [0.05, 0.1) is 22.6 Å². The maximum absolute atomic E-state index is 12.3. The summed E-state index contributed by atoms with van der Waals surface area (Å²) in [7, 11) is 0. The number of amides is 2. The molecule has 23 heavy (non-hydrogen) atoms. The molecule has 2 heterocycles. The van der Waals surface area contributed by atoms with E-state index in [0.717, 1.165) is 16.7 Å². The van der Waals surface area contributed by atoms with Gasteiger partial charge in [0, 0.05) is 18.2 Å². The lowest BCUT2D eigenvalue weighted by atomic mass is 10.2. The first-order chi connectivity index (χ1) is 11.0. The van der Waals surface area contributed by atoms with Crippen LogP contribution in [0.25, 0.3) is 6.08 Å². The van der Waals surface area contributed by atoms with Gasteiger partial charge in [0.25, 0.3) is 16.8 Å². The Bertz CT molecular complexity index is 813. The van der Waals surface area contributed by atoms with E-state index in [-0.39, 0.29) is 17.1 Å². The summed E-state index contributed by atoms with van der Waals surface area (Å²) in [5.74, 6) is 0.0359. The van der Waals surface area contributed by atoms with Gasteiger partial charge in [0.2, 0.25) is 0 Å². The van der Waals surface area contributed by atoms with Crippen molar-refractivity contribution in [2.24, 2.45) is 0 Å². The molecule has 2 amide bonds. The zero-order valence-corrected chi connectivity index (χ0v) is 12.5. The van der Waals surface area contributed by atoms with Gasteiger partial charge in [-0.3, -0.25) is 24.6 Å². The summed E-state index contributed by atoms with van der Waals surface area (Å²) >= 11 is 0.814. The van der Waals surface area contributed by atoms with Gasteiger partial charge in [-0.15, -0.1) is 0 Å². The number of hydrogen-bond donors (Lipinski definition) is 0. The van der Waals surface area contributed by atoms with Crippen LogP contribution in [0.1, 0.15) is 11.3 Å². The lowest BCUT2D eigenvalue weighted by Gasteiger charge is -2.12. The number of non-ortho nitro benzene ring substituents is 1. The number of carbonyl (C=O) groups excluding carboxylic acids is 2. The Hall–Kier alpha value is -2.87. The van der Waals surface area contributed by atoms with Gasteiger partial charge in [0.15, 0.2) is 0 Å². The Morgan fingerprint density at radius 1 is 1.26 bits per heavy atom. The molecule has 0 spiro atoms. The molecule has 0 aliphatic carbocycles. The Morgan fingerprint density at radius 2 is 2.09 bits per heavy atom. The molecule has 1 aliphatic heterocycles. The van der Waals surface area contributed by atoms with E-state index in [1.165, 1.54) is 30.5 Å². The molecule has 1 fully saturated rings. The lowest BCUT2D eigenvalue weighted by Crippen LogP contribution is -2.27. The topological polar surface area (TPSA) is 93.7 Å². The van der Waals surface area contributed by atoms with Crippen LogP contribution in [0.3, 0.4) is 0 Å². The van der Waals surface area contributed by atoms with Gasteiger partial charge < -0.3 is 4.42 Å². The highest BCUT2D eigenvalue weighted by Gasteiger charge is 2.35. The van der Waals surface area contributed by atoms with Crippen molar-refractivity contribution in [2.75, 3.05) is 0 Å². The summed E-state index contributed by atoms with van der Waals surface area (Å²) < 4.78 is 5.13. The third kappa shape index (κ3) is 3.16. The first-order valence-electron chi connectivity index (χ1n) is 6.57. The minimum Gasteiger partial charge on any atom is -0.465 e. The normalized spacial score (nSPS) is 16.3. The highest BCUT2D eigenvalue weighted by Crippen LogP contribution is 2.33. The highest BCUT2D eigenvalue weighted by molar-refractivity contribution is 8.18. The Kier molecular flexibility index (Phi) is 3.98. The van der Waals surface area contributed by atoms with E-state index in [0.29, 0.717) is 11.3 Å². The zero-order valence-electron chi connectivity index (χ0n) is 11.7. The van der Waals surface area contributed by atoms with E-state index in [1.807, 2.05) is 0 Å². The number of furan rings is 1. The largest absolute Gasteiger partial charge is 0.465 e. The van der Waals surface area contributed by atoms with Crippen molar-refractivity contribution >= 4 is 34.7 Å². The number of benzene rings is 1. The molecule has 1 saturated heterocycles. The minimum atomic E-state index is -0.520. The summed E-state index contributed by atoms with van der Waals surface area (Å²) in [5, 5.41) is 10.4. The number of nitro groups is 1. The highest BCUT2D eigenvalue weighted by atomic mass is 32.2. The molecule has 1 aromatic carbocycles. The average molecular weight is 330 g/mol. The van der Waals surface area contributed by atoms with Crippen LogP contribution in [0, 0.1) is 10.1 Å². The van der Waals surface area contributed by atoms with Crippen LogP contribution in [-0.4, -0.2) is 21.0 Å². The maximum Gasteiger partial charge on any atom is 0.293 e. The molecule has 0 saturated carbocycles. The molecule has 3 rings (SSSR count).